The fraction of sp³-hybridized carbons (Fsp3) is 0.222. The molecule has 0 fully saturated rings. The van der Waals surface area contributed by atoms with E-state index in [9.17, 15) is 0 Å². The summed E-state index contributed by atoms with van der Waals surface area (Å²) in [5.74, 6) is 0.847. The molecule has 0 spiro atoms. The van der Waals surface area contributed by atoms with E-state index < -0.39 is 0 Å². The molecule has 0 atom stereocenters. The summed E-state index contributed by atoms with van der Waals surface area (Å²) in [4.78, 5) is 0. The molecule has 0 saturated carbocycles. The first kappa shape index (κ1) is 9.71. The van der Waals surface area contributed by atoms with Gasteiger partial charge in [0.05, 0.1) is 10.8 Å². The summed E-state index contributed by atoms with van der Waals surface area (Å²) < 4.78 is 0.652. The smallest absolute Gasteiger partial charge is 0.0843 e. The highest BCUT2D eigenvalue weighted by molar-refractivity contribution is 8.22. The molecule has 0 heterocycles. The minimum atomic E-state index is -0.00711. The quantitative estimate of drug-likeness (QED) is 0.752. The molecule has 0 aliphatic rings. The van der Waals surface area contributed by atoms with Crippen LogP contribution in [0.1, 0.15) is 5.56 Å². The van der Waals surface area contributed by atoms with Crippen molar-refractivity contribution in [2.24, 2.45) is 0 Å². The first-order chi connectivity index (χ1) is 5.83. The summed E-state index contributed by atoms with van der Waals surface area (Å²) in [6.07, 6.45) is 0. The summed E-state index contributed by atoms with van der Waals surface area (Å²) in [6.45, 7) is -0.00711. The van der Waals surface area contributed by atoms with E-state index in [1.165, 1.54) is 17.3 Å². The predicted molar refractivity (Wildman–Crippen MR) is 57.4 cm³/mol. The van der Waals surface area contributed by atoms with Gasteiger partial charge in [0.25, 0.3) is 0 Å². The number of thioether (sulfide) groups is 1. The molecule has 3 heteroatoms. The van der Waals surface area contributed by atoms with E-state index in [1.807, 2.05) is 30.3 Å². The van der Waals surface area contributed by atoms with Crippen LogP contribution >= 0.6 is 24.0 Å². The number of aliphatic hydroxyl groups excluding tert-OH is 1. The number of thiocarbonyl (C=S) groups is 1. The third-order valence-corrected chi connectivity index (χ3v) is 2.78. The molecule has 0 unspecified atom stereocenters. The Morgan fingerprint density at radius 3 is 2.58 bits per heavy atom. The molecule has 0 aliphatic carbocycles. The van der Waals surface area contributed by atoms with Crippen LogP contribution in [0.15, 0.2) is 30.3 Å². The minimum Gasteiger partial charge on any atom is -0.390 e. The highest BCUT2D eigenvalue weighted by Gasteiger charge is 1.95. The van der Waals surface area contributed by atoms with Gasteiger partial charge in [-0.1, -0.05) is 42.5 Å². The fourth-order valence-corrected chi connectivity index (χ4v) is 1.57. The van der Waals surface area contributed by atoms with Gasteiger partial charge in [-0.2, -0.15) is 0 Å². The Labute approximate surface area is 81.8 Å². The van der Waals surface area contributed by atoms with Crippen LogP contribution < -0.4 is 0 Å². The zero-order valence-corrected chi connectivity index (χ0v) is 8.20. The zero-order valence-electron chi connectivity index (χ0n) is 6.56. The van der Waals surface area contributed by atoms with Crippen molar-refractivity contribution in [2.45, 2.75) is 5.75 Å². The second-order valence-electron chi connectivity index (χ2n) is 2.30. The third-order valence-electron chi connectivity index (χ3n) is 1.37. The molecule has 0 saturated heterocycles. The summed E-state index contributed by atoms with van der Waals surface area (Å²) >= 11 is 6.38. The Morgan fingerprint density at radius 1 is 1.33 bits per heavy atom. The molecule has 0 radical (unpaired) electrons. The van der Waals surface area contributed by atoms with Crippen molar-refractivity contribution < 1.29 is 5.11 Å². The lowest BCUT2D eigenvalue weighted by molar-refractivity contribution is 0.362. The van der Waals surface area contributed by atoms with Gasteiger partial charge in [0, 0.05) is 5.75 Å². The van der Waals surface area contributed by atoms with Gasteiger partial charge in [-0.25, -0.2) is 0 Å². The standard InChI is InChI=1S/C9H10OS2/c10-6-9(11)12-7-8-4-2-1-3-5-8/h1-5,10H,6-7H2. The Balaban J connectivity index is 2.38. The van der Waals surface area contributed by atoms with Crippen LogP contribution in [0.4, 0.5) is 0 Å². The van der Waals surface area contributed by atoms with E-state index in [-0.39, 0.29) is 6.61 Å². The molecule has 1 nitrogen and oxygen atoms in total. The second kappa shape index (κ2) is 5.30. The third kappa shape index (κ3) is 3.34. The average Bonchev–Trinajstić information content (AvgIpc) is 2.16. The van der Waals surface area contributed by atoms with Crippen molar-refractivity contribution in [3.05, 3.63) is 35.9 Å². The number of aliphatic hydroxyl groups is 1. The topological polar surface area (TPSA) is 20.2 Å². The lowest BCUT2D eigenvalue weighted by Crippen LogP contribution is -1.94. The molecule has 1 aromatic rings. The van der Waals surface area contributed by atoms with Crippen LogP contribution in [-0.2, 0) is 5.75 Å². The molecular formula is C9H10OS2. The maximum Gasteiger partial charge on any atom is 0.0843 e. The Kier molecular flexibility index (Phi) is 4.29. The molecular weight excluding hydrogens is 188 g/mol. The number of hydrogen-bond acceptors (Lipinski definition) is 3. The average molecular weight is 198 g/mol. The first-order valence-electron chi connectivity index (χ1n) is 3.63. The van der Waals surface area contributed by atoms with E-state index in [0.29, 0.717) is 4.20 Å². The Bertz CT molecular complexity index is 246. The molecule has 0 aliphatic heterocycles. The molecule has 0 amide bonds. The molecule has 1 N–H and O–H groups in total. The van der Waals surface area contributed by atoms with Gasteiger partial charge in [-0.15, -0.1) is 11.8 Å². The van der Waals surface area contributed by atoms with Gasteiger partial charge in [-0.3, -0.25) is 0 Å². The van der Waals surface area contributed by atoms with Gasteiger partial charge in [0.15, 0.2) is 0 Å². The predicted octanol–water partition coefficient (Wildman–Crippen LogP) is 2.24. The molecule has 12 heavy (non-hydrogen) atoms. The summed E-state index contributed by atoms with van der Waals surface area (Å²) in [5.41, 5.74) is 1.23. The van der Waals surface area contributed by atoms with Crippen molar-refractivity contribution in [1.29, 1.82) is 0 Å². The second-order valence-corrected chi connectivity index (χ2v) is 4.13. The van der Waals surface area contributed by atoms with Gasteiger partial charge < -0.3 is 5.11 Å². The van der Waals surface area contributed by atoms with Gasteiger partial charge in [0.1, 0.15) is 0 Å². The van der Waals surface area contributed by atoms with Crippen molar-refractivity contribution >= 4 is 28.2 Å². The fourth-order valence-electron chi connectivity index (χ4n) is 0.784. The largest absolute Gasteiger partial charge is 0.390 e. The number of hydrogen-bond donors (Lipinski definition) is 1. The summed E-state index contributed by atoms with van der Waals surface area (Å²) in [5, 5.41) is 8.65. The van der Waals surface area contributed by atoms with Crippen LogP contribution in [0.25, 0.3) is 0 Å². The molecule has 1 rings (SSSR count). The van der Waals surface area contributed by atoms with Crippen LogP contribution in [0, 0.1) is 0 Å². The van der Waals surface area contributed by atoms with E-state index in [0.717, 1.165) is 5.75 Å². The van der Waals surface area contributed by atoms with E-state index in [4.69, 9.17) is 17.3 Å². The molecule has 0 bridgehead atoms. The Hall–Kier alpha value is -0.380. The first-order valence-corrected chi connectivity index (χ1v) is 5.02. The summed E-state index contributed by atoms with van der Waals surface area (Å²) in [7, 11) is 0. The maximum absolute atomic E-state index is 8.65. The van der Waals surface area contributed by atoms with Gasteiger partial charge in [-0.05, 0) is 5.56 Å². The number of rotatable bonds is 3. The van der Waals surface area contributed by atoms with Crippen molar-refractivity contribution in [2.75, 3.05) is 6.61 Å². The van der Waals surface area contributed by atoms with Crippen molar-refractivity contribution in [3.8, 4) is 0 Å². The van der Waals surface area contributed by atoms with E-state index in [2.05, 4.69) is 0 Å². The minimum absolute atomic E-state index is 0.00711. The van der Waals surface area contributed by atoms with E-state index >= 15 is 0 Å². The lowest BCUT2D eigenvalue weighted by Gasteiger charge is -1.99. The lowest BCUT2D eigenvalue weighted by atomic mass is 10.2. The molecule has 1 aromatic carbocycles. The van der Waals surface area contributed by atoms with Crippen molar-refractivity contribution in [3.63, 3.8) is 0 Å². The molecule has 0 aromatic heterocycles. The summed E-state index contributed by atoms with van der Waals surface area (Å²) in [6, 6.07) is 10.1. The van der Waals surface area contributed by atoms with Crippen LogP contribution in [0.5, 0.6) is 0 Å². The Morgan fingerprint density at radius 2 is 2.00 bits per heavy atom. The highest BCUT2D eigenvalue weighted by Crippen LogP contribution is 2.12. The van der Waals surface area contributed by atoms with Gasteiger partial charge in [0.2, 0.25) is 0 Å². The SMILES string of the molecule is OCC(=S)SCc1ccccc1. The molecule has 64 valence electrons. The normalized spacial score (nSPS) is 9.75. The monoisotopic (exact) mass is 198 g/mol. The van der Waals surface area contributed by atoms with Crippen LogP contribution in [-0.4, -0.2) is 15.9 Å². The zero-order chi connectivity index (χ0) is 8.81. The van der Waals surface area contributed by atoms with Gasteiger partial charge >= 0.3 is 0 Å². The maximum atomic E-state index is 8.65. The van der Waals surface area contributed by atoms with Crippen molar-refractivity contribution in [1.82, 2.24) is 0 Å². The van der Waals surface area contributed by atoms with E-state index in [1.54, 1.807) is 0 Å². The van der Waals surface area contributed by atoms with Crippen LogP contribution in [0.3, 0.4) is 0 Å². The highest BCUT2D eigenvalue weighted by atomic mass is 32.2. The van der Waals surface area contributed by atoms with Crippen LogP contribution in [0.2, 0.25) is 0 Å². The number of benzene rings is 1.